The van der Waals surface area contributed by atoms with E-state index in [4.69, 9.17) is 5.73 Å². The molecule has 1 aromatic rings. The highest BCUT2D eigenvalue weighted by atomic mass is 32.1. The Bertz CT molecular complexity index is 246. The first-order valence-corrected chi connectivity index (χ1v) is 6.46. The molecule has 0 amide bonds. The lowest BCUT2D eigenvalue weighted by atomic mass is 10.0. The van der Waals surface area contributed by atoms with Gasteiger partial charge in [0.1, 0.15) is 0 Å². The molecule has 0 saturated carbocycles. The van der Waals surface area contributed by atoms with Gasteiger partial charge in [-0.3, -0.25) is 0 Å². The maximum Gasteiger partial charge on any atom is 0.0794 e. The molecule has 0 radical (unpaired) electrons. The first kappa shape index (κ1) is 12.6. The van der Waals surface area contributed by atoms with Crippen LogP contribution in [0.1, 0.15) is 26.0 Å². The van der Waals surface area contributed by atoms with Crippen molar-refractivity contribution in [3.8, 4) is 0 Å². The number of nitrogens with two attached hydrogens (primary N) is 1. The van der Waals surface area contributed by atoms with Gasteiger partial charge in [0.05, 0.1) is 11.2 Å². The van der Waals surface area contributed by atoms with Gasteiger partial charge in [-0.15, -0.1) is 11.3 Å². The predicted octanol–water partition coefficient (Wildman–Crippen LogP) is 1.65. The van der Waals surface area contributed by atoms with E-state index in [2.05, 4.69) is 29.5 Å². The number of aromatic nitrogens is 1. The lowest BCUT2D eigenvalue weighted by Crippen LogP contribution is -2.35. The van der Waals surface area contributed by atoms with Gasteiger partial charge >= 0.3 is 0 Å². The van der Waals surface area contributed by atoms with Crippen molar-refractivity contribution in [3.63, 3.8) is 0 Å². The first-order valence-electron chi connectivity index (χ1n) is 5.52. The van der Waals surface area contributed by atoms with Crippen LogP contribution in [0.4, 0.5) is 0 Å². The molecule has 15 heavy (non-hydrogen) atoms. The number of hydrogen-bond acceptors (Lipinski definition) is 4. The Hall–Kier alpha value is -0.450. The van der Waals surface area contributed by atoms with Crippen molar-refractivity contribution in [3.05, 3.63) is 16.6 Å². The number of nitrogens with one attached hydrogen (secondary N) is 1. The zero-order valence-corrected chi connectivity index (χ0v) is 10.4. The Morgan fingerprint density at radius 3 is 2.93 bits per heavy atom. The Morgan fingerprint density at radius 1 is 1.53 bits per heavy atom. The van der Waals surface area contributed by atoms with Crippen molar-refractivity contribution in [2.24, 2.45) is 11.7 Å². The molecule has 3 nitrogen and oxygen atoms in total. The van der Waals surface area contributed by atoms with Crippen LogP contribution in [-0.2, 0) is 6.42 Å². The Kier molecular flexibility index (Phi) is 5.83. The second-order valence-electron chi connectivity index (χ2n) is 4.32. The summed E-state index contributed by atoms with van der Waals surface area (Å²) in [6.45, 7) is 6.28. The lowest BCUT2D eigenvalue weighted by Gasteiger charge is -2.14. The van der Waals surface area contributed by atoms with Crippen LogP contribution >= 0.6 is 11.3 Å². The van der Waals surface area contributed by atoms with Crippen LogP contribution in [0.2, 0.25) is 0 Å². The molecule has 0 aliphatic rings. The summed E-state index contributed by atoms with van der Waals surface area (Å²) in [5.74, 6) is 0.681. The molecular weight excluding hydrogens is 206 g/mol. The van der Waals surface area contributed by atoms with Crippen molar-refractivity contribution in [2.45, 2.75) is 32.7 Å². The molecule has 1 unspecified atom stereocenters. The summed E-state index contributed by atoms with van der Waals surface area (Å²) in [7, 11) is 0. The highest BCUT2D eigenvalue weighted by Gasteiger charge is 2.04. The standard InChI is InChI=1S/C11H21N3S/c1-9(2)5-10(12)6-13-4-3-11-7-15-8-14-11/h7-10,13H,3-6,12H2,1-2H3. The van der Waals surface area contributed by atoms with Gasteiger partial charge in [0.15, 0.2) is 0 Å². The van der Waals surface area contributed by atoms with Crippen LogP contribution in [0.3, 0.4) is 0 Å². The van der Waals surface area contributed by atoms with Gasteiger partial charge in [0.25, 0.3) is 0 Å². The Balaban J connectivity index is 2.01. The summed E-state index contributed by atoms with van der Waals surface area (Å²) in [6, 6.07) is 0.278. The molecule has 0 saturated heterocycles. The van der Waals surface area contributed by atoms with Gasteiger partial charge in [0, 0.05) is 30.9 Å². The number of hydrogen-bond donors (Lipinski definition) is 2. The van der Waals surface area contributed by atoms with E-state index in [0.717, 1.165) is 25.9 Å². The van der Waals surface area contributed by atoms with Gasteiger partial charge in [-0.25, -0.2) is 4.98 Å². The van der Waals surface area contributed by atoms with E-state index in [-0.39, 0.29) is 6.04 Å². The van der Waals surface area contributed by atoms with Gasteiger partial charge in [-0.2, -0.15) is 0 Å². The minimum atomic E-state index is 0.278. The third-order valence-electron chi connectivity index (χ3n) is 2.22. The number of nitrogens with zero attached hydrogens (tertiary/aromatic N) is 1. The van der Waals surface area contributed by atoms with Crippen LogP contribution in [0, 0.1) is 5.92 Å². The van der Waals surface area contributed by atoms with Crippen molar-refractivity contribution in [2.75, 3.05) is 13.1 Å². The molecule has 0 bridgehead atoms. The van der Waals surface area contributed by atoms with Crippen molar-refractivity contribution in [1.29, 1.82) is 0 Å². The molecule has 1 atom stereocenters. The van der Waals surface area contributed by atoms with E-state index in [1.807, 2.05) is 5.51 Å². The fourth-order valence-corrected chi connectivity index (χ4v) is 2.15. The van der Waals surface area contributed by atoms with Gasteiger partial charge in [-0.1, -0.05) is 13.8 Å². The molecule has 4 heteroatoms. The lowest BCUT2D eigenvalue weighted by molar-refractivity contribution is 0.468. The summed E-state index contributed by atoms with van der Waals surface area (Å²) in [5.41, 5.74) is 9.00. The molecule has 1 aromatic heterocycles. The number of rotatable bonds is 7. The smallest absolute Gasteiger partial charge is 0.0794 e. The molecular formula is C11H21N3S. The average Bonchev–Trinajstić information content (AvgIpc) is 2.63. The predicted molar refractivity (Wildman–Crippen MR) is 66.1 cm³/mol. The van der Waals surface area contributed by atoms with Crippen LogP contribution in [0.5, 0.6) is 0 Å². The van der Waals surface area contributed by atoms with E-state index in [1.54, 1.807) is 11.3 Å². The third-order valence-corrected chi connectivity index (χ3v) is 2.86. The Morgan fingerprint density at radius 2 is 2.33 bits per heavy atom. The number of thiazole rings is 1. The second-order valence-corrected chi connectivity index (χ2v) is 5.04. The van der Waals surface area contributed by atoms with Crippen molar-refractivity contribution in [1.82, 2.24) is 10.3 Å². The average molecular weight is 227 g/mol. The van der Waals surface area contributed by atoms with Crippen molar-refractivity contribution >= 4 is 11.3 Å². The maximum atomic E-state index is 5.96. The zero-order chi connectivity index (χ0) is 11.1. The minimum Gasteiger partial charge on any atom is -0.327 e. The van der Waals surface area contributed by atoms with Crippen LogP contribution in [-0.4, -0.2) is 24.1 Å². The third kappa shape index (κ3) is 5.87. The van der Waals surface area contributed by atoms with Crippen LogP contribution in [0.25, 0.3) is 0 Å². The highest BCUT2D eigenvalue weighted by molar-refractivity contribution is 7.07. The topological polar surface area (TPSA) is 50.9 Å². The highest BCUT2D eigenvalue weighted by Crippen LogP contribution is 2.02. The SMILES string of the molecule is CC(C)CC(N)CNCCc1cscn1. The van der Waals surface area contributed by atoms with Crippen molar-refractivity contribution < 1.29 is 0 Å². The van der Waals surface area contributed by atoms with Gasteiger partial charge in [0.2, 0.25) is 0 Å². The molecule has 3 N–H and O–H groups in total. The molecule has 1 rings (SSSR count). The quantitative estimate of drug-likeness (QED) is 0.696. The largest absolute Gasteiger partial charge is 0.327 e. The van der Waals surface area contributed by atoms with E-state index in [0.29, 0.717) is 5.92 Å². The zero-order valence-electron chi connectivity index (χ0n) is 9.57. The monoisotopic (exact) mass is 227 g/mol. The van der Waals surface area contributed by atoms with Gasteiger partial charge < -0.3 is 11.1 Å². The summed E-state index contributed by atoms with van der Waals surface area (Å²) < 4.78 is 0. The summed E-state index contributed by atoms with van der Waals surface area (Å²) in [4.78, 5) is 4.23. The second kappa shape index (κ2) is 6.93. The van der Waals surface area contributed by atoms with E-state index < -0.39 is 0 Å². The summed E-state index contributed by atoms with van der Waals surface area (Å²) in [6.07, 6.45) is 2.08. The fourth-order valence-electron chi connectivity index (χ4n) is 1.55. The summed E-state index contributed by atoms with van der Waals surface area (Å²) in [5, 5.41) is 5.46. The molecule has 0 aliphatic heterocycles. The normalized spacial score (nSPS) is 13.3. The molecule has 0 fully saturated rings. The van der Waals surface area contributed by atoms with E-state index in [1.165, 1.54) is 5.69 Å². The first-order chi connectivity index (χ1) is 7.18. The fraction of sp³-hybridized carbons (Fsp3) is 0.727. The molecule has 0 aromatic carbocycles. The van der Waals surface area contributed by atoms with E-state index in [9.17, 15) is 0 Å². The van der Waals surface area contributed by atoms with Crippen LogP contribution < -0.4 is 11.1 Å². The molecule has 0 spiro atoms. The molecule has 86 valence electrons. The van der Waals surface area contributed by atoms with Gasteiger partial charge in [-0.05, 0) is 12.3 Å². The van der Waals surface area contributed by atoms with Crippen LogP contribution in [0.15, 0.2) is 10.9 Å². The minimum absolute atomic E-state index is 0.278. The molecule has 1 heterocycles. The van der Waals surface area contributed by atoms with E-state index >= 15 is 0 Å². The summed E-state index contributed by atoms with van der Waals surface area (Å²) >= 11 is 1.65. The Labute approximate surface area is 96.1 Å². The maximum absolute atomic E-state index is 5.96. The molecule has 0 aliphatic carbocycles.